The average Bonchev–Trinajstić information content (AvgIpc) is 3.20. The zero-order valence-corrected chi connectivity index (χ0v) is 33.6. The quantitative estimate of drug-likeness (QED) is 0.0303. The number of nitrogens with one attached hydrogen (secondary N) is 4. The Morgan fingerprint density at radius 1 is 1.07 bits per heavy atom. The number of rotatable bonds is 17. The first-order valence-corrected chi connectivity index (χ1v) is 17.9. The summed E-state index contributed by atoms with van der Waals surface area (Å²) in [5.74, 6) is -1.36. The highest BCUT2D eigenvalue weighted by atomic mass is 19.4. The summed E-state index contributed by atoms with van der Waals surface area (Å²) in [7, 11) is 6.64. The zero-order chi connectivity index (χ0) is 43.4. The number of ether oxygens (including phenoxy) is 1. The summed E-state index contributed by atoms with van der Waals surface area (Å²) >= 11 is 0. The molecule has 0 saturated heterocycles. The molecule has 0 aliphatic carbocycles. The van der Waals surface area contributed by atoms with Crippen LogP contribution in [0.5, 0.6) is 5.75 Å². The minimum atomic E-state index is -4.57. The topological polar surface area (TPSA) is 215 Å². The number of carbonyl (C=O) groups excluding carboxylic acids is 3. The lowest BCUT2D eigenvalue weighted by Gasteiger charge is -2.22. The molecule has 0 saturated carbocycles. The van der Waals surface area contributed by atoms with Crippen LogP contribution in [0.3, 0.4) is 0 Å². The third-order valence-electron chi connectivity index (χ3n) is 8.19. The van der Waals surface area contributed by atoms with E-state index in [1.807, 2.05) is 14.0 Å². The van der Waals surface area contributed by atoms with E-state index in [9.17, 15) is 27.9 Å². The number of nitrogens with zero attached hydrogens (tertiary/aromatic N) is 4. The summed E-state index contributed by atoms with van der Waals surface area (Å²) in [5.41, 5.74) is 8.79. The Labute approximate surface area is 333 Å². The molecule has 2 aromatic carbocycles. The van der Waals surface area contributed by atoms with Gasteiger partial charge in [-0.25, -0.2) is 5.01 Å². The normalized spacial score (nSPS) is 12.6. The van der Waals surface area contributed by atoms with Crippen molar-refractivity contribution < 1.29 is 42.5 Å². The fourth-order valence-electron chi connectivity index (χ4n) is 5.05. The number of alkyl halides is 3. The van der Waals surface area contributed by atoms with Gasteiger partial charge in [-0.05, 0) is 81.7 Å². The molecule has 1 aliphatic heterocycles. The molecule has 0 bridgehead atoms. The number of amides is 2. The second kappa shape index (κ2) is 28.6. The van der Waals surface area contributed by atoms with Gasteiger partial charge in [-0.15, -0.1) is 0 Å². The highest BCUT2D eigenvalue weighted by Gasteiger charge is 2.31. The van der Waals surface area contributed by atoms with E-state index in [1.165, 1.54) is 23.7 Å². The van der Waals surface area contributed by atoms with Crippen molar-refractivity contribution in [1.82, 2.24) is 26.3 Å². The number of hydrogen-bond acceptors (Lipinski definition) is 13. The number of Topliss-reactive ketones (excluding diaryl/α,β-unsaturated/α-hetero) is 1. The van der Waals surface area contributed by atoms with E-state index in [-0.39, 0.29) is 30.0 Å². The Kier molecular flexibility index (Phi) is 25.7. The monoisotopic (exact) mass is 805 g/mol. The minimum absolute atomic E-state index is 0.125. The van der Waals surface area contributed by atoms with E-state index in [2.05, 4.69) is 73.7 Å². The number of unbranched alkanes of at least 4 members (excludes halogenated alkanes) is 1. The third-order valence-corrected chi connectivity index (χ3v) is 8.19. The summed E-state index contributed by atoms with van der Waals surface area (Å²) in [6.07, 6.45) is -0.249. The zero-order valence-electron chi connectivity index (χ0n) is 33.6. The maximum Gasteiger partial charge on any atom is 0.416 e. The van der Waals surface area contributed by atoms with Gasteiger partial charge in [0.15, 0.2) is 0 Å². The lowest BCUT2D eigenvalue weighted by atomic mass is 9.98. The van der Waals surface area contributed by atoms with Crippen molar-refractivity contribution in [2.24, 2.45) is 20.8 Å². The van der Waals surface area contributed by atoms with Crippen molar-refractivity contribution in [2.45, 2.75) is 65.4 Å². The number of likely N-dealkylation sites (N-methyl/N-ethyl adjacent to an activating group) is 1. The van der Waals surface area contributed by atoms with Crippen LogP contribution in [0.15, 0.2) is 74.8 Å². The Morgan fingerprint density at radius 2 is 1.74 bits per heavy atom. The number of phenolic OH excluding ortho intramolecular Hbond substituents is 1. The van der Waals surface area contributed by atoms with Crippen molar-refractivity contribution in [1.29, 1.82) is 0 Å². The van der Waals surface area contributed by atoms with Gasteiger partial charge in [-0.3, -0.25) is 24.4 Å². The molecule has 0 unspecified atom stereocenters. The number of nitrogens with two attached hydrogens (primary N) is 1. The molecule has 8 N–H and O–H groups in total. The van der Waals surface area contributed by atoms with Gasteiger partial charge in [0.05, 0.1) is 37.6 Å². The molecule has 0 aromatic heterocycles. The number of halogens is 3. The largest absolute Gasteiger partial charge is 0.513 e. The molecule has 57 heavy (non-hydrogen) atoms. The fourth-order valence-corrected chi connectivity index (χ4v) is 5.05. The van der Waals surface area contributed by atoms with Gasteiger partial charge in [0.1, 0.15) is 23.4 Å². The van der Waals surface area contributed by atoms with Crippen molar-refractivity contribution in [2.75, 3.05) is 47.9 Å². The van der Waals surface area contributed by atoms with Crippen molar-refractivity contribution in [3.8, 4) is 5.75 Å². The van der Waals surface area contributed by atoms with Crippen LogP contribution in [0, 0.1) is 0 Å². The lowest BCUT2D eigenvalue weighted by molar-refractivity contribution is -0.137. The van der Waals surface area contributed by atoms with Gasteiger partial charge in [-0.1, -0.05) is 31.2 Å². The summed E-state index contributed by atoms with van der Waals surface area (Å²) in [6, 6.07) is 8.96. The van der Waals surface area contributed by atoms with Crippen LogP contribution >= 0.6 is 0 Å². The first-order valence-electron chi connectivity index (χ1n) is 17.9. The maximum atomic E-state index is 13.1. The van der Waals surface area contributed by atoms with E-state index >= 15 is 0 Å². The average molecular weight is 806 g/mol. The molecular formula is C39H58F3N9O6. The molecule has 2 aromatic rings. The Morgan fingerprint density at radius 3 is 2.25 bits per heavy atom. The number of aliphatic hydroxyl groups excluding tert-OH is 1. The smallest absolute Gasteiger partial charge is 0.416 e. The number of primary amides is 1. The SMILES string of the molecule is C=NCc1cccc2c1COCC2.C=NN(Cc1ccc(C(F)(F)F)cc1O)C(=O)/C(NCCCCNC)=C(/CC)NC.CN=C(C)C(=O)/C(=C\O)NC.NC=O. The third kappa shape index (κ3) is 18.2. The number of hydrazone groups is 1. The first kappa shape index (κ1) is 51.2. The minimum Gasteiger partial charge on any atom is -0.513 e. The summed E-state index contributed by atoms with van der Waals surface area (Å²) in [6.45, 7) is 13.9. The molecule has 0 atom stereocenters. The number of aromatic hydroxyl groups is 1. The maximum absolute atomic E-state index is 13.1. The molecule has 15 nitrogen and oxygen atoms in total. The number of benzene rings is 2. The molecule has 3 rings (SSSR count). The van der Waals surface area contributed by atoms with Gasteiger partial charge in [0, 0.05) is 45.7 Å². The predicted molar refractivity (Wildman–Crippen MR) is 218 cm³/mol. The number of phenols is 1. The van der Waals surface area contributed by atoms with Gasteiger partial charge in [0.2, 0.25) is 12.2 Å². The fraction of sp³-hybridized carbons (Fsp3) is 0.436. The number of ketones is 1. The van der Waals surface area contributed by atoms with Crippen LogP contribution in [-0.4, -0.2) is 100 Å². The van der Waals surface area contributed by atoms with Crippen LogP contribution in [0.1, 0.15) is 60.9 Å². The summed E-state index contributed by atoms with van der Waals surface area (Å²) < 4.78 is 43.8. The second-order valence-corrected chi connectivity index (χ2v) is 11.8. The Bertz CT molecular complexity index is 1680. The van der Waals surface area contributed by atoms with Crippen LogP contribution < -0.4 is 27.0 Å². The molecule has 0 radical (unpaired) electrons. The highest BCUT2D eigenvalue weighted by molar-refractivity contribution is 6.44. The van der Waals surface area contributed by atoms with Crippen LogP contribution in [0.2, 0.25) is 0 Å². The number of aliphatic imine (C=N–C) groups is 2. The number of aliphatic hydroxyl groups is 1. The van der Waals surface area contributed by atoms with Crippen LogP contribution in [0.4, 0.5) is 13.2 Å². The molecule has 18 heteroatoms. The van der Waals surface area contributed by atoms with Crippen LogP contribution in [-0.2, 0) is 51.4 Å². The van der Waals surface area contributed by atoms with Gasteiger partial charge >= 0.3 is 6.18 Å². The highest BCUT2D eigenvalue weighted by Crippen LogP contribution is 2.33. The van der Waals surface area contributed by atoms with Gasteiger partial charge in [-0.2, -0.15) is 18.3 Å². The van der Waals surface area contributed by atoms with E-state index in [0.717, 1.165) is 62.4 Å². The lowest BCUT2D eigenvalue weighted by Crippen LogP contribution is -2.36. The first-order chi connectivity index (χ1) is 27.2. The number of fused-ring (bicyclic) bond motifs is 1. The van der Waals surface area contributed by atoms with Gasteiger partial charge < -0.3 is 42.0 Å². The van der Waals surface area contributed by atoms with E-state index < -0.39 is 23.4 Å². The summed E-state index contributed by atoms with van der Waals surface area (Å²) in [4.78, 5) is 40.3. The molecule has 1 heterocycles. The number of hydrogen-bond donors (Lipinski definition) is 7. The molecule has 2 amide bonds. The van der Waals surface area contributed by atoms with Crippen molar-refractivity contribution in [3.05, 3.63) is 87.6 Å². The Balaban J connectivity index is 0.000000943. The molecular weight excluding hydrogens is 747 g/mol. The van der Waals surface area contributed by atoms with Crippen molar-refractivity contribution in [3.63, 3.8) is 0 Å². The predicted octanol–water partition coefficient (Wildman–Crippen LogP) is 4.11. The molecule has 1 aliphatic rings. The van der Waals surface area contributed by atoms with Gasteiger partial charge in [0.25, 0.3) is 5.91 Å². The number of carbonyl (C=O) groups is 3. The van der Waals surface area contributed by atoms with Crippen molar-refractivity contribution >= 4 is 37.2 Å². The van der Waals surface area contributed by atoms with E-state index in [0.29, 0.717) is 42.7 Å². The summed E-state index contributed by atoms with van der Waals surface area (Å²) in [5, 5.41) is 35.0. The standard InChI is InChI=1S/C20H30F3N5O2.C11H13NO.C7H12N2O2.CH3NO/c1-5-16(25-3)18(27-11-7-6-10-24-2)19(30)28(26-4)13-14-8-9-15(12-17(14)29)20(21,22)23;1-12-7-10-4-2-3-9-5-6-13-8-11(9)10;1-5(8-2)7(11)6(4-10)9-3;2-1-3/h8-9,12,24-25,27,29H,4-7,10-11,13H2,1-3H3;2-4H,1,5-8H2;4,9-10H,1-3H3;1H,(H2,2,3)/b18-16+;;6-4+,8-5?;. The molecule has 0 spiro atoms. The Hall–Kier alpha value is -5.75. The van der Waals surface area contributed by atoms with E-state index in [4.69, 9.17) is 14.6 Å². The number of allylic oxidation sites excluding steroid dienone is 2. The molecule has 0 fully saturated rings. The second-order valence-electron chi connectivity index (χ2n) is 11.8. The molecule has 316 valence electrons. The van der Waals surface area contributed by atoms with Crippen LogP contribution in [0.25, 0.3) is 0 Å². The van der Waals surface area contributed by atoms with E-state index in [1.54, 1.807) is 21.0 Å².